The van der Waals surface area contributed by atoms with Gasteiger partial charge in [-0.1, -0.05) is 18.2 Å². The van der Waals surface area contributed by atoms with Crippen LogP contribution in [0.15, 0.2) is 88.3 Å². The Kier molecular flexibility index (Phi) is 7.48. The molecular weight excluding hydrogens is 589 g/mol. The number of alkyl halides is 3. The summed E-state index contributed by atoms with van der Waals surface area (Å²) < 4.78 is 73.9. The fourth-order valence-electron chi connectivity index (χ4n) is 4.35. The molecule has 1 amide bonds. The standard InChI is InChI=1S/C29H23F3N4O6S/c1-17-33-26(18-7-10-21(11-8-18)42-29(30,31)32)27(41-17)23-16-20(19-5-4-6-22(15-19)43(3,39)40)9-12-24(23)36-14-13-25(34-36)35(2)28(37)38/h4-16H,1-3H3,(H,37,38). The van der Waals surface area contributed by atoms with Gasteiger partial charge in [0, 0.05) is 43.6 Å². The molecule has 0 saturated carbocycles. The molecule has 0 aliphatic heterocycles. The van der Waals surface area contributed by atoms with Gasteiger partial charge in [-0.25, -0.2) is 22.9 Å². The highest BCUT2D eigenvalue weighted by molar-refractivity contribution is 7.90. The number of halogens is 3. The summed E-state index contributed by atoms with van der Waals surface area (Å²) in [6.45, 7) is 1.61. The van der Waals surface area contributed by atoms with Crippen LogP contribution in [0, 0.1) is 6.92 Å². The molecule has 0 unspecified atom stereocenters. The molecule has 3 aromatic carbocycles. The van der Waals surface area contributed by atoms with E-state index in [0.29, 0.717) is 33.6 Å². The first-order valence-corrected chi connectivity index (χ1v) is 14.4. The van der Waals surface area contributed by atoms with E-state index >= 15 is 0 Å². The molecule has 0 spiro atoms. The van der Waals surface area contributed by atoms with Gasteiger partial charge in [-0.05, 0) is 59.7 Å². The molecule has 5 rings (SSSR count). The normalized spacial score (nSPS) is 11.9. The van der Waals surface area contributed by atoms with Crippen molar-refractivity contribution < 1.29 is 40.6 Å². The average molecular weight is 613 g/mol. The number of aromatic nitrogens is 3. The predicted molar refractivity (Wildman–Crippen MR) is 151 cm³/mol. The monoisotopic (exact) mass is 612 g/mol. The van der Waals surface area contributed by atoms with Gasteiger partial charge in [0.1, 0.15) is 11.4 Å². The maximum absolute atomic E-state index is 12.7. The quantitative estimate of drug-likeness (QED) is 0.218. The Balaban J connectivity index is 1.68. The number of benzene rings is 3. The Labute approximate surface area is 243 Å². The maximum atomic E-state index is 12.7. The van der Waals surface area contributed by atoms with E-state index in [-0.39, 0.29) is 22.4 Å². The molecule has 0 fully saturated rings. The SMILES string of the molecule is Cc1nc(-c2ccc(OC(F)(F)F)cc2)c(-c2cc(-c3cccc(S(C)(=O)=O)c3)ccc2-n2ccc(N(C)C(=O)O)n2)o1. The van der Waals surface area contributed by atoms with Gasteiger partial charge in [0.25, 0.3) is 0 Å². The molecule has 14 heteroatoms. The van der Waals surface area contributed by atoms with Gasteiger partial charge >= 0.3 is 12.5 Å². The van der Waals surface area contributed by atoms with Crippen molar-refractivity contribution in [3.63, 3.8) is 0 Å². The van der Waals surface area contributed by atoms with Gasteiger partial charge < -0.3 is 14.3 Å². The number of sulfone groups is 1. The topological polar surface area (TPSA) is 128 Å². The highest BCUT2D eigenvalue weighted by atomic mass is 32.2. The summed E-state index contributed by atoms with van der Waals surface area (Å²) in [5, 5.41) is 13.8. The number of carbonyl (C=O) groups is 1. The largest absolute Gasteiger partial charge is 0.573 e. The number of carboxylic acid groups (broad SMARTS) is 1. The molecule has 0 aliphatic carbocycles. The van der Waals surface area contributed by atoms with Crippen molar-refractivity contribution in [1.82, 2.24) is 14.8 Å². The molecule has 2 aromatic heterocycles. The third kappa shape index (κ3) is 6.38. The highest BCUT2D eigenvalue weighted by Crippen LogP contribution is 2.39. The van der Waals surface area contributed by atoms with Crippen molar-refractivity contribution in [3.05, 3.63) is 84.9 Å². The smallest absolute Gasteiger partial charge is 0.465 e. The van der Waals surface area contributed by atoms with E-state index < -0.39 is 28.0 Å². The fraction of sp³-hybridized carbons (Fsp3) is 0.138. The summed E-state index contributed by atoms with van der Waals surface area (Å²) in [4.78, 5) is 17.0. The van der Waals surface area contributed by atoms with E-state index in [2.05, 4.69) is 14.8 Å². The molecule has 0 bridgehead atoms. The van der Waals surface area contributed by atoms with Crippen molar-refractivity contribution in [2.75, 3.05) is 18.2 Å². The number of nitrogens with zero attached hydrogens (tertiary/aromatic N) is 4. The third-order valence-corrected chi connectivity index (χ3v) is 7.49. The molecule has 0 saturated heterocycles. The van der Waals surface area contributed by atoms with Gasteiger partial charge in [0.15, 0.2) is 27.3 Å². The van der Waals surface area contributed by atoms with Crippen LogP contribution in [0.25, 0.3) is 39.4 Å². The molecule has 1 N–H and O–H groups in total. The second kappa shape index (κ2) is 10.9. The van der Waals surface area contributed by atoms with E-state index in [1.807, 2.05) is 0 Å². The zero-order valence-electron chi connectivity index (χ0n) is 22.8. The minimum Gasteiger partial charge on any atom is -0.465 e. The van der Waals surface area contributed by atoms with Crippen molar-refractivity contribution in [2.45, 2.75) is 18.2 Å². The summed E-state index contributed by atoms with van der Waals surface area (Å²) in [5.74, 6) is 0.264. The van der Waals surface area contributed by atoms with Crippen LogP contribution >= 0.6 is 0 Å². The van der Waals surface area contributed by atoms with Gasteiger partial charge in [0.05, 0.1) is 10.6 Å². The minimum atomic E-state index is -4.85. The maximum Gasteiger partial charge on any atom is 0.573 e. The van der Waals surface area contributed by atoms with Crippen LogP contribution < -0.4 is 9.64 Å². The Bertz CT molecular complexity index is 1930. The first kappa shape index (κ1) is 29.4. The summed E-state index contributed by atoms with van der Waals surface area (Å²) in [7, 11) is -2.14. The number of ether oxygens (including phenoxy) is 1. The lowest BCUT2D eigenvalue weighted by atomic mass is 9.98. The molecule has 0 radical (unpaired) electrons. The molecule has 222 valence electrons. The number of oxazole rings is 1. The van der Waals surface area contributed by atoms with E-state index in [9.17, 15) is 31.5 Å². The van der Waals surface area contributed by atoms with E-state index in [0.717, 1.165) is 23.3 Å². The first-order chi connectivity index (χ1) is 20.2. The summed E-state index contributed by atoms with van der Waals surface area (Å²) in [6, 6.07) is 18.2. The van der Waals surface area contributed by atoms with Crippen molar-refractivity contribution >= 4 is 21.7 Å². The van der Waals surface area contributed by atoms with Crippen molar-refractivity contribution in [2.24, 2.45) is 0 Å². The molecule has 43 heavy (non-hydrogen) atoms. The molecule has 5 aromatic rings. The second-order valence-corrected chi connectivity index (χ2v) is 11.5. The van der Waals surface area contributed by atoms with Crippen molar-refractivity contribution in [3.8, 4) is 45.1 Å². The third-order valence-electron chi connectivity index (χ3n) is 6.38. The lowest BCUT2D eigenvalue weighted by Gasteiger charge is -2.13. The van der Waals surface area contributed by atoms with E-state index in [1.165, 1.54) is 42.1 Å². The predicted octanol–water partition coefficient (Wildman–Crippen LogP) is 6.59. The van der Waals surface area contributed by atoms with Crippen molar-refractivity contribution in [1.29, 1.82) is 0 Å². The summed E-state index contributed by atoms with van der Waals surface area (Å²) in [5.41, 5.74) is 2.86. The van der Waals surface area contributed by atoms with Gasteiger partial charge in [0.2, 0.25) is 0 Å². The number of hydrogen-bond donors (Lipinski definition) is 1. The van der Waals surface area contributed by atoms with Crippen LogP contribution in [0.5, 0.6) is 5.75 Å². The number of hydrogen-bond acceptors (Lipinski definition) is 7. The van der Waals surface area contributed by atoms with Crippen LogP contribution in [-0.2, 0) is 9.84 Å². The Hall–Kier alpha value is -5.11. The first-order valence-electron chi connectivity index (χ1n) is 12.5. The minimum absolute atomic E-state index is 0.126. The lowest BCUT2D eigenvalue weighted by molar-refractivity contribution is -0.274. The second-order valence-electron chi connectivity index (χ2n) is 9.47. The molecule has 0 aliphatic rings. The van der Waals surface area contributed by atoms with Gasteiger partial charge in [-0.2, -0.15) is 0 Å². The van der Waals surface area contributed by atoms with Crippen LogP contribution in [0.4, 0.5) is 23.8 Å². The number of aryl methyl sites for hydroxylation is 1. The zero-order chi connectivity index (χ0) is 31.1. The van der Waals surface area contributed by atoms with E-state index in [1.54, 1.807) is 43.5 Å². The number of anilines is 1. The summed E-state index contributed by atoms with van der Waals surface area (Å²) >= 11 is 0. The molecule has 2 heterocycles. The van der Waals surface area contributed by atoms with E-state index in [4.69, 9.17) is 4.42 Å². The lowest BCUT2D eigenvalue weighted by Crippen LogP contribution is -2.24. The fourth-order valence-corrected chi connectivity index (χ4v) is 5.02. The molecule has 0 atom stereocenters. The van der Waals surface area contributed by atoms with Gasteiger partial charge in [-0.15, -0.1) is 18.3 Å². The van der Waals surface area contributed by atoms with Gasteiger partial charge in [-0.3, -0.25) is 4.90 Å². The number of rotatable bonds is 7. The zero-order valence-corrected chi connectivity index (χ0v) is 23.6. The number of amides is 1. The Morgan fingerprint density at radius 2 is 1.67 bits per heavy atom. The highest BCUT2D eigenvalue weighted by Gasteiger charge is 2.31. The molecular formula is C29H23F3N4O6S. The average Bonchev–Trinajstić information content (AvgIpc) is 3.58. The summed E-state index contributed by atoms with van der Waals surface area (Å²) in [6.07, 6.45) is -3.39. The van der Waals surface area contributed by atoms with Crippen LogP contribution in [-0.4, -0.2) is 54.0 Å². The van der Waals surface area contributed by atoms with Crippen LogP contribution in [0.1, 0.15) is 5.89 Å². The van der Waals surface area contributed by atoms with Crippen LogP contribution in [0.3, 0.4) is 0 Å². The van der Waals surface area contributed by atoms with Crippen LogP contribution in [0.2, 0.25) is 0 Å². The molecule has 10 nitrogen and oxygen atoms in total. The Morgan fingerprint density at radius 3 is 2.33 bits per heavy atom. The Morgan fingerprint density at radius 1 is 1.00 bits per heavy atom.